The molecule has 118 valence electrons. The lowest BCUT2D eigenvalue weighted by Gasteiger charge is -2.16. The third-order valence-corrected chi connectivity index (χ3v) is 5.28. The summed E-state index contributed by atoms with van der Waals surface area (Å²) >= 11 is 1.91. The number of hydrogen-bond donors (Lipinski definition) is 0. The Balaban J connectivity index is 2.75. The lowest BCUT2D eigenvalue weighted by atomic mass is 9.91. The molecule has 0 fully saturated rings. The molecule has 0 radical (unpaired) electrons. The minimum Gasteiger partial charge on any atom is -0.0952 e. The van der Waals surface area contributed by atoms with Crippen LogP contribution in [0.3, 0.4) is 0 Å². The fraction of sp³-hybridized carbons (Fsp3) is 0.600. The first-order valence-corrected chi connectivity index (χ1v) is 9.32. The molecule has 1 atom stereocenters. The Labute approximate surface area is 136 Å². The highest BCUT2D eigenvalue weighted by atomic mass is 32.2. The number of unbranched alkanes of at least 4 members (excludes halogenated alkanes) is 1. The van der Waals surface area contributed by atoms with Gasteiger partial charge in [-0.3, -0.25) is 0 Å². The molecule has 0 saturated carbocycles. The number of allylic oxidation sites excluding steroid dienone is 7. The molecule has 1 heteroatoms. The maximum absolute atomic E-state index is 2.40. The normalized spacial score (nSPS) is 18.3. The molecule has 0 bridgehead atoms. The van der Waals surface area contributed by atoms with Gasteiger partial charge in [-0.1, -0.05) is 81.7 Å². The van der Waals surface area contributed by atoms with Crippen molar-refractivity contribution in [1.29, 1.82) is 0 Å². The van der Waals surface area contributed by atoms with Crippen LogP contribution in [0.25, 0.3) is 0 Å². The third kappa shape index (κ3) is 6.74. The minimum absolute atomic E-state index is 0.726. The van der Waals surface area contributed by atoms with Crippen LogP contribution in [0.5, 0.6) is 0 Å². The second-order valence-corrected chi connectivity index (χ2v) is 7.39. The van der Waals surface area contributed by atoms with E-state index >= 15 is 0 Å². The zero-order valence-corrected chi connectivity index (χ0v) is 15.4. The molecule has 1 aliphatic rings. The average Bonchev–Trinajstić information content (AvgIpc) is 2.48. The van der Waals surface area contributed by atoms with E-state index in [0.717, 1.165) is 12.3 Å². The van der Waals surface area contributed by atoms with E-state index in [1.165, 1.54) is 47.5 Å². The second-order valence-electron chi connectivity index (χ2n) is 6.11. The van der Waals surface area contributed by atoms with Crippen LogP contribution < -0.4 is 0 Å². The van der Waals surface area contributed by atoms with Gasteiger partial charge in [-0.2, -0.15) is 0 Å². The van der Waals surface area contributed by atoms with Gasteiger partial charge in [0.15, 0.2) is 0 Å². The monoisotopic (exact) mass is 304 g/mol. The van der Waals surface area contributed by atoms with Crippen molar-refractivity contribution in [3.63, 3.8) is 0 Å². The molecule has 21 heavy (non-hydrogen) atoms. The van der Waals surface area contributed by atoms with Crippen molar-refractivity contribution in [3.8, 4) is 0 Å². The van der Waals surface area contributed by atoms with Crippen molar-refractivity contribution in [2.24, 2.45) is 5.92 Å². The highest BCUT2D eigenvalue weighted by Gasteiger charge is 2.08. The first kappa shape index (κ1) is 18.4. The van der Waals surface area contributed by atoms with Crippen molar-refractivity contribution >= 4 is 11.8 Å². The van der Waals surface area contributed by atoms with Gasteiger partial charge in [0.05, 0.1) is 0 Å². The summed E-state index contributed by atoms with van der Waals surface area (Å²) < 4.78 is 0. The Hall–Kier alpha value is -0.690. The van der Waals surface area contributed by atoms with E-state index in [9.17, 15) is 0 Å². The minimum atomic E-state index is 0.726. The molecule has 0 spiro atoms. The van der Waals surface area contributed by atoms with E-state index in [4.69, 9.17) is 0 Å². The van der Waals surface area contributed by atoms with Crippen molar-refractivity contribution in [2.45, 2.75) is 73.1 Å². The van der Waals surface area contributed by atoms with Gasteiger partial charge in [-0.05, 0) is 49.5 Å². The number of rotatable bonds is 8. The molecule has 0 aromatic carbocycles. The summed E-state index contributed by atoms with van der Waals surface area (Å²) in [7, 11) is 0. The van der Waals surface area contributed by atoms with Gasteiger partial charge < -0.3 is 0 Å². The molecule has 0 saturated heterocycles. The predicted molar refractivity (Wildman–Crippen MR) is 99.5 cm³/mol. The fourth-order valence-electron chi connectivity index (χ4n) is 2.62. The first-order valence-electron chi connectivity index (χ1n) is 8.50. The Kier molecular flexibility index (Phi) is 8.84. The first-order chi connectivity index (χ1) is 10.1. The van der Waals surface area contributed by atoms with Crippen molar-refractivity contribution in [3.05, 3.63) is 45.3 Å². The molecule has 1 unspecified atom stereocenters. The molecular formula is C20H32S. The molecule has 0 nitrogen and oxygen atoms in total. The summed E-state index contributed by atoms with van der Waals surface area (Å²) in [6, 6.07) is 0. The van der Waals surface area contributed by atoms with Crippen LogP contribution in [0.4, 0.5) is 0 Å². The molecule has 0 amide bonds. The van der Waals surface area contributed by atoms with Crippen molar-refractivity contribution in [2.75, 3.05) is 0 Å². The highest BCUT2D eigenvalue weighted by molar-refractivity contribution is 8.07. The molecule has 1 aliphatic heterocycles. The molecule has 0 N–H and O–H groups in total. The van der Waals surface area contributed by atoms with E-state index in [-0.39, 0.29) is 0 Å². The Morgan fingerprint density at radius 1 is 1.24 bits per heavy atom. The van der Waals surface area contributed by atoms with Crippen LogP contribution in [0, 0.1) is 5.92 Å². The Morgan fingerprint density at radius 3 is 2.62 bits per heavy atom. The van der Waals surface area contributed by atoms with Crippen molar-refractivity contribution < 1.29 is 0 Å². The number of hydrogen-bond acceptors (Lipinski definition) is 1. The van der Waals surface area contributed by atoms with Crippen LogP contribution in [0.1, 0.15) is 73.1 Å². The van der Waals surface area contributed by atoms with Gasteiger partial charge in [-0.25, -0.2) is 0 Å². The van der Waals surface area contributed by atoms with Gasteiger partial charge in [0.1, 0.15) is 0 Å². The average molecular weight is 305 g/mol. The fourth-order valence-corrected chi connectivity index (χ4v) is 3.56. The van der Waals surface area contributed by atoms with Gasteiger partial charge in [-0.15, -0.1) is 0 Å². The van der Waals surface area contributed by atoms with Gasteiger partial charge in [0.25, 0.3) is 0 Å². The third-order valence-electron chi connectivity index (χ3n) is 4.08. The van der Waals surface area contributed by atoms with E-state index < -0.39 is 0 Å². The van der Waals surface area contributed by atoms with Crippen LogP contribution in [-0.4, -0.2) is 0 Å². The van der Waals surface area contributed by atoms with E-state index in [0.29, 0.717) is 0 Å². The standard InChI is InChI=1S/C20H32S/c1-6-8-11-16(3)19(10-7-2)15-14-17(4)20-13-9-12-18(5)21-20/h12-16H,6-11H2,1-5H3/b17-14+,19-15+. The molecule has 0 aliphatic carbocycles. The van der Waals surface area contributed by atoms with E-state index in [1.54, 1.807) is 5.57 Å². The lowest BCUT2D eigenvalue weighted by Crippen LogP contribution is -1.99. The van der Waals surface area contributed by atoms with Crippen LogP contribution in [0.15, 0.2) is 45.3 Å². The summed E-state index contributed by atoms with van der Waals surface area (Å²) in [4.78, 5) is 2.86. The summed E-state index contributed by atoms with van der Waals surface area (Å²) in [5, 5.41) is 0. The Bertz CT molecular complexity index is 435. The maximum Gasteiger partial charge on any atom is 0.0111 e. The maximum atomic E-state index is 2.40. The Morgan fingerprint density at radius 2 is 2.00 bits per heavy atom. The summed E-state index contributed by atoms with van der Waals surface area (Å²) in [6.45, 7) is 11.4. The van der Waals surface area contributed by atoms with E-state index in [2.05, 4.69) is 58.9 Å². The topological polar surface area (TPSA) is 0 Å². The summed E-state index contributed by atoms with van der Waals surface area (Å²) in [5.74, 6) is 0.726. The molecule has 1 heterocycles. The SMILES string of the molecule is CCCCC(C)/C(=C/C=C(\C)C1=CCC=C(C)S1)CCC. The zero-order chi connectivity index (χ0) is 15.7. The predicted octanol–water partition coefficient (Wildman–Crippen LogP) is 7.41. The summed E-state index contributed by atoms with van der Waals surface area (Å²) in [6.07, 6.45) is 16.9. The second kappa shape index (κ2) is 10.1. The largest absolute Gasteiger partial charge is 0.0952 e. The summed E-state index contributed by atoms with van der Waals surface area (Å²) in [5.41, 5.74) is 3.03. The number of thioether (sulfide) groups is 1. The molecule has 1 rings (SSSR count). The van der Waals surface area contributed by atoms with Gasteiger partial charge in [0, 0.05) is 4.91 Å². The molecule has 0 aromatic heterocycles. The molecular weight excluding hydrogens is 272 g/mol. The van der Waals surface area contributed by atoms with Crippen molar-refractivity contribution in [1.82, 2.24) is 0 Å². The van der Waals surface area contributed by atoms with Gasteiger partial charge in [0.2, 0.25) is 0 Å². The molecule has 0 aromatic rings. The van der Waals surface area contributed by atoms with Gasteiger partial charge >= 0.3 is 0 Å². The van der Waals surface area contributed by atoms with Crippen LogP contribution in [-0.2, 0) is 0 Å². The van der Waals surface area contributed by atoms with Crippen LogP contribution in [0.2, 0.25) is 0 Å². The smallest absolute Gasteiger partial charge is 0.0111 e. The van der Waals surface area contributed by atoms with Crippen LogP contribution >= 0.6 is 11.8 Å². The quantitative estimate of drug-likeness (QED) is 0.421. The lowest BCUT2D eigenvalue weighted by molar-refractivity contribution is 0.552. The van der Waals surface area contributed by atoms with E-state index in [1.807, 2.05) is 11.8 Å². The zero-order valence-electron chi connectivity index (χ0n) is 14.5. The highest BCUT2D eigenvalue weighted by Crippen LogP contribution is 2.34.